The Bertz CT molecular complexity index is 485. The maximum atomic E-state index is 11.8. The molecule has 0 amide bonds. The third kappa shape index (κ3) is 2.56. The molecule has 0 fully saturated rings. The van der Waals surface area contributed by atoms with Crippen LogP contribution in [0.25, 0.3) is 0 Å². The molecule has 0 radical (unpaired) electrons. The normalized spacial score (nSPS) is 12.1. The van der Waals surface area contributed by atoms with Gasteiger partial charge < -0.3 is 0 Å². The van der Waals surface area contributed by atoms with E-state index in [1.54, 1.807) is 13.8 Å². The first-order valence-corrected chi connectivity index (χ1v) is 6.70. The molecule has 1 heterocycles. The van der Waals surface area contributed by atoms with Crippen molar-refractivity contribution in [3.63, 3.8) is 0 Å². The summed E-state index contributed by atoms with van der Waals surface area (Å²) in [5, 5.41) is -0.786. The molecule has 0 unspecified atom stereocenters. The van der Waals surface area contributed by atoms with Crippen LogP contribution >= 0.6 is 34.8 Å². The van der Waals surface area contributed by atoms with Crippen LogP contribution < -0.4 is 0 Å². The molecule has 0 aliphatic carbocycles. The predicted octanol–water partition coefficient (Wildman–Crippen LogP) is 3.22. The van der Waals surface area contributed by atoms with Gasteiger partial charge in [-0.3, -0.25) is 0 Å². The standard InChI is InChI=1S/C8H8Cl3NO2S/c1-4(2)15(13,14)5-3-6(9)12-8(11)7(5)10/h3-4H,1-2H3. The molecule has 84 valence electrons. The number of rotatable bonds is 2. The van der Waals surface area contributed by atoms with E-state index in [0.29, 0.717) is 0 Å². The molecule has 0 bridgehead atoms. The van der Waals surface area contributed by atoms with E-state index in [0.717, 1.165) is 0 Å². The molecule has 0 atom stereocenters. The molecular formula is C8H8Cl3NO2S. The van der Waals surface area contributed by atoms with E-state index in [4.69, 9.17) is 34.8 Å². The Morgan fingerprint density at radius 1 is 1.27 bits per heavy atom. The fraction of sp³-hybridized carbons (Fsp3) is 0.375. The first-order valence-electron chi connectivity index (χ1n) is 4.02. The van der Waals surface area contributed by atoms with Gasteiger partial charge in [-0.05, 0) is 19.9 Å². The molecule has 0 aliphatic heterocycles. The molecule has 0 aromatic carbocycles. The molecular weight excluding hydrogens is 281 g/mol. The van der Waals surface area contributed by atoms with Gasteiger partial charge in [0.05, 0.1) is 15.2 Å². The van der Waals surface area contributed by atoms with E-state index < -0.39 is 15.1 Å². The van der Waals surface area contributed by atoms with Crippen molar-refractivity contribution in [1.29, 1.82) is 0 Å². The average Bonchev–Trinajstić information content (AvgIpc) is 2.10. The summed E-state index contributed by atoms with van der Waals surface area (Å²) in [6, 6.07) is 1.20. The van der Waals surface area contributed by atoms with Gasteiger partial charge in [0.15, 0.2) is 15.0 Å². The van der Waals surface area contributed by atoms with Crippen molar-refractivity contribution in [2.24, 2.45) is 0 Å². The van der Waals surface area contributed by atoms with E-state index in [-0.39, 0.29) is 20.2 Å². The van der Waals surface area contributed by atoms with Gasteiger partial charge in [0.1, 0.15) is 5.15 Å². The molecule has 15 heavy (non-hydrogen) atoms. The van der Waals surface area contributed by atoms with Gasteiger partial charge in [0.2, 0.25) is 0 Å². The molecule has 1 aromatic rings. The number of hydrogen-bond donors (Lipinski definition) is 0. The highest BCUT2D eigenvalue weighted by Gasteiger charge is 2.24. The SMILES string of the molecule is CC(C)S(=O)(=O)c1cc(Cl)nc(Cl)c1Cl. The van der Waals surface area contributed by atoms with Crippen molar-refractivity contribution in [1.82, 2.24) is 4.98 Å². The van der Waals surface area contributed by atoms with Crippen LogP contribution in [0, 0.1) is 0 Å². The third-order valence-corrected chi connectivity index (χ3v) is 5.01. The highest BCUT2D eigenvalue weighted by Crippen LogP contribution is 2.31. The van der Waals surface area contributed by atoms with Crippen LogP contribution in [0.5, 0.6) is 0 Å². The molecule has 0 saturated heterocycles. The lowest BCUT2D eigenvalue weighted by atomic mass is 10.5. The Kier molecular flexibility index (Phi) is 3.87. The van der Waals surface area contributed by atoms with Gasteiger partial charge in [-0.15, -0.1) is 0 Å². The monoisotopic (exact) mass is 287 g/mol. The molecule has 0 N–H and O–H groups in total. The lowest BCUT2D eigenvalue weighted by Crippen LogP contribution is -2.14. The minimum absolute atomic E-state index is 0.00336. The minimum Gasteiger partial charge on any atom is -0.223 e. The highest BCUT2D eigenvalue weighted by atomic mass is 35.5. The first kappa shape index (κ1) is 13.0. The van der Waals surface area contributed by atoms with E-state index in [1.165, 1.54) is 6.07 Å². The van der Waals surface area contributed by atoms with Crippen molar-refractivity contribution in [2.45, 2.75) is 24.0 Å². The summed E-state index contributed by atoms with van der Waals surface area (Å²) in [4.78, 5) is 3.56. The maximum Gasteiger partial charge on any atom is 0.182 e. The van der Waals surface area contributed by atoms with Gasteiger partial charge in [0, 0.05) is 0 Å². The van der Waals surface area contributed by atoms with Crippen molar-refractivity contribution in [2.75, 3.05) is 0 Å². The second kappa shape index (κ2) is 4.45. The Morgan fingerprint density at radius 3 is 2.27 bits per heavy atom. The first-order chi connectivity index (χ1) is 6.76. The quantitative estimate of drug-likeness (QED) is 0.785. The molecule has 1 aromatic heterocycles. The zero-order valence-electron chi connectivity index (χ0n) is 7.96. The average molecular weight is 289 g/mol. The Hall–Kier alpha value is -0.0300. The maximum absolute atomic E-state index is 11.8. The van der Waals surface area contributed by atoms with E-state index in [1.807, 2.05) is 0 Å². The zero-order valence-corrected chi connectivity index (χ0v) is 11.0. The number of nitrogens with zero attached hydrogens (tertiary/aromatic N) is 1. The van der Waals surface area contributed by atoms with Crippen molar-refractivity contribution in [3.05, 3.63) is 21.4 Å². The third-order valence-electron chi connectivity index (χ3n) is 1.78. The Morgan fingerprint density at radius 2 is 1.80 bits per heavy atom. The Labute approximate surface area is 103 Å². The van der Waals surface area contributed by atoms with E-state index in [2.05, 4.69) is 4.98 Å². The van der Waals surface area contributed by atoms with Crippen molar-refractivity contribution >= 4 is 44.6 Å². The highest BCUT2D eigenvalue weighted by molar-refractivity contribution is 7.92. The van der Waals surface area contributed by atoms with E-state index >= 15 is 0 Å². The van der Waals surface area contributed by atoms with Crippen LogP contribution in [0.1, 0.15) is 13.8 Å². The number of hydrogen-bond acceptors (Lipinski definition) is 3. The lowest BCUT2D eigenvalue weighted by molar-refractivity contribution is 0.587. The van der Waals surface area contributed by atoms with Crippen molar-refractivity contribution in [3.8, 4) is 0 Å². The predicted molar refractivity (Wildman–Crippen MR) is 61.6 cm³/mol. The van der Waals surface area contributed by atoms with Crippen LogP contribution in [-0.2, 0) is 9.84 Å². The minimum atomic E-state index is -3.49. The van der Waals surface area contributed by atoms with Gasteiger partial charge in [-0.25, -0.2) is 13.4 Å². The summed E-state index contributed by atoms with van der Waals surface area (Å²) in [6.45, 7) is 3.10. The van der Waals surface area contributed by atoms with Crippen LogP contribution in [-0.4, -0.2) is 18.7 Å². The summed E-state index contributed by atoms with van der Waals surface area (Å²) >= 11 is 17.0. The molecule has 0 aliphatic rings. The topological polar surface area (TPSA) is 47.0 Å². The molecule has 0 saturated carbocycles. The molecule has 1 rings (SSSR count). The summed E-state index contributed by atoms with van der Waals surface area (Å²) in [5.74, 6) is 0. The van der Waals surface area contributed by atoms with Crippen LogP contribution in [0.4, 0.5) is 0 Å². The second-order valence-electron chi connectivity index (χ2n) is 3.14. The number of pyridine rings is 1. The second-order valence-corrected chi connectivity index (χ2v) is 6.74. The molecule has 3 nitrogen and oxygen atoms in total. The van der Waals surface area contributed by atoms with E-state index in [9.17, 15) is 8.42 Å². The summed E-state index contributed by atoms with van der Waals surface area (Å²) in [6.07, 6.45) is 0. The largest absolute Gasteiger partial charge is 0.223 e. The van der Waals surface area contributed by atoms with Crippen LogP contribution in [0.15, 0.2) is 11.0 Å². The fourth-order valence-electron chi connectivity index (χ4n) is 0.909. The summed E-state index contributed by atoms with van der Waals surface area (Å²) in [7, 11) is -3.49. The van der Waals surface area contributed by atoms with Crippen LogP contribution in [0.2, 0.25) is 15.3 Å². The fourth-order valence-corrected chi connectivity index (χ4v) is 3.01. The molecule has 0 spiro atoms. The zero-order chi connectivity index (χ0) is 11.8. The Balaban J connectivity index is 3.52. The summed E-state index contributed by atoms with van der Waals surface area (Å²) < 4.78 is 23.7. The summed E-state index contributed by atoms with van der Waals surface area (Å²) in [5.41, 5.74) is 0. The van der Waals surface area contributed by atoms with Gasteiger partial charge in [-0.1, -0.05) is 34.8 Å². The number of sulfone groups is 1. The smallest absolute Gasteiger partial charge is 0.182 e. The lowest BCUT2D eigenvalue weighted by Gasteiger charge is -2.10. The molecule has 7 heteroatoms. The van der Waals surface area contributed by atoms with Gasteiger partial charge in [-0.2, -0.15) is 0 Å². The van der Waals surface area contributed by atoms with Crippen molar-refractivity contribution < 1.29 is 8.42 Å². The van der Waals surface area contributed by atoms with Gasteiger partial charge in [0.25, 0.3) is 0 Å². The number of aromatic nitrogens is 1. The van der Waals surface area contributed by atoms with Gasteiger partial charge >= 0.3 is 0 Å². The number of halogens is 3. The van der Waals surface area contributed by atoms with Crippen LogP contribution in [0.3, 0.4) is 0 Å².